The summed E-state index contributed by atoms with van der Waals surface area (Å²) in [5, 5.41) is 7.58. The molecule has 0 aliphatic heterocycles. The third-order valence-electron chi connectivity index (χ3n) is 5.74. The smallest absolute Gasteiger partial charge is 0.317 e. The van der Waals surface area contributed by atoms with E-state index in [1.165, 1.54) is 0 Å². The molecule has 148 valence electrons. The van der Waals surface area contributed by atoms with E-state index < -0.39 is 0 Å². The van der Waals surface area contributed by atoms with Crippen LogP contribution in [-0.2, 0) is 27.1 Å². The number of nitrogens with one attached hydrogen (secondary N) is 1. The highest BCUT2D eigenvalue weighted by Gasteiger charge is 2.33. The molecule has 0 radical (unpaired) electrons. The van der Waals surface area contributed by atoms with Crippen molar-refractivity contribution in [3.8, 4) is 0 Å². The molecule has 0 bridgehead atoms. The van der Waals surface area contributed by atoms with Gasteiger partial charge in [0, 0.05) is 44.4 Å². The number of nitrogens with zero attached hydrogens (tertiary/aromatic N) is 5. The lowest BCUT2D eigenvalue weighted by molar-refractivity contribution is 0.192. The minimum atomic E-state index is 0.00363. The van der Waals surface area contributed by atoms with Crippen LogP contribution in [-0.4, -0.2) is 42.8 Å². The SMILES string of the molecule is Cc1nn(C)c(C)c1CN(C(=O)NCCc1nc2ccccc2n1C)C1CC1. The molecule has 1 fully saturated rings. The molecule has 0 atom stereocenters. The van der Waals surface area contributed by atoms with Crippen LogP contribution >= 0.6 is 0 Å². The normalized spacial score (nSPS) is 13.9. The molecule has 1 N–H and O–H groups in total. The number of aryl methyl sites for hydroxylation is 3. The number of para-hydroxylation sites is 2. The summed E-state index contributed by atoms with van der Waals surface area (Å²) in [4.78, 5) is 19.5. The third kappa shape index (κ3) is 3.48. The summed E-state index contributed by atoms with van der Waals surface area (Å²) in [6, 6.07) is 8.45. The standard InChI is InChI=1S/C21H28N6O/c1-14-17(15(2)26(4)24-14)13-27(16-9-10-16)21(28)22-12-11-20-23-18-7-5-6-8-19(18)25(20)3/h5-8,16H,9-13H2,1-4H3,(H,22,28). The maximum atomic E-state index is 12.9. The highest BCUT2D eigenvalue weighted by molar-refractivity contribution is 5.76. The van der Waals surface area contributed by atoms with Crippen LogP contribution in [0.15, 0.2) is 24.3 Å². The zero-order chi connectivity index (χ0) is 19.8. The summed E-state index contributed by atoms with van der Waals surface area (Å²) in [6.45, 7) is 5.26. The van der Waals surface area contributed by atoms with Crippen LogP contribution in [0.4, 0.5) is 4.79 Å². The number of imidazole rings is 1. The van der Waals surface area contributed by atoms with E-state index >= 15 is 0 Å². The maximum Gasteiger partial charge on any atom is 0.317 e. The molecule has 28 heavy (non-hydrogen) atoms. The molecule has 1 aromatic carbocycles. The van der Waals surface area contributed by atoms with E-state index in [1.54, 1.807) is 0 Å². The lowest BCUT2D eigenvalue weighted by Gasteiger charge is -2.23. The van der Waals surface area contributed by atoms with Gasteiger partial charge in [-0.3, -0.25) is 4.68 Å². The van der Waals surface area contributed by atoms with Crippen molar-refractivity contribution in [3.05, 3.63) is 47.0 Å². The van der Waals surface area contributed by atoms with Gasteiger partial charge in [0.05, 0.1) is 23.3 Å². The van der Waals surface area contributed by atoms with E-state index in [1.807, 2.05) is 48.8 Å². The fourth-order valence-electron chi connectivity index (χ4n) is 3.77. The van der Waals surface area contributed by atoms with E-state index in [2.05, 4.69) is 33.0 Å². The number of carbonyl (C=O) groups is 1. The number of hydrogen-bond donors (Lipinski definition) is 1. The van der Waals surface area contributed by atoms with Gasteiger partial charge in [-0.15, -0.1) is 0 Å². The van der Waals surface area contributed by atoms with Crippen molar-refractivity contribution in [2.24, 2.45) is 14.1 Å². The largest absolute Gasteiger partial charge is 0.338 e. The van der Waals surface area contributed by atoms with E-state index in [4.69, 9.17) is 0 Å². The van der Waals surface area contributed by atoms with E-state index in [0.717, 1.165) is 46.7 Å². The number of amides is 2. The predicted molar refractivity (Wildman–Crippen MR) is 109 cm³/mol. The van der Waals surface area contributed by atoms with Gasteiger partial charge < -0.3 is 14.8 Å². The highest BCUT2D eigenvalue weighted by atomic mass is 16.2. The minimum absolute atomic E-state index is 0.00363. The highest BCUT2D eigenvalue weighted by Crippen LogP contribution is 2.29. The molecule has 0 saturated heterocycles. The molecule has 2 amide bonds. The summed E-state index contributed by atoms with van der Waals surface area (Å²) in [6.07, 6.45) is 2.87. The second-order valence-electron chi connectivity index (χ2n) is 7.69. The Morgan fingerprint density at radius 3 is 2.64 bits per heavy atom. The van der Waals surface area contributed by atoms with Crippen LogP contribution in [0.2, 0.25) is 0 Å². The van der Waals surface area contributed by atoms with Crippen molar-refractivity contribution in [1.29, 1.82) is 0 Å². The summed E-state index contributed by atoms with van der Waals surface area (Å²) in [7, 11) is 3.97. The van der Waals surface area contributed by atoms with Gasteiger partial charge in [0.25, 0.3) is 0 Å². The van der Waals surface area contributed by atoms with Crippen molar-refractivity contribution in [2.45, 2.75) is 45.7 Å². The van der Waals surface area contributed by atoms with Gasteiger partial charge in [0.15, 0.2) is 0 Å². The monoisotopic (exact) mass is 380 g/mol. The maximum absolute atomic E-state index is 12.9. The molecule has 2 heterocycles. The number of fused-ring (bicyclic) bond motifs is 1. The molecule has 7 heteroatoms. The first-order valence-electron chi connectivity index (χ1n) is 9.89. The molecular formula is C21H28N6O. The van der Waals surface area contributed by atoms with Gasteiger partial charge in [-0.05, 0) is 38.8 Å². The van der Waals surface area contributed by atoms with Crippen LogP contribution in [0.3, 0.4) is 0 Å². The van der Waals surface area contributed by atoms with Crippen molar-refractivity contribution in [3.63, 3.8) is 0 Å². The first-order valence-corrected chi connectivity index (χ1v) is 9.89. The summed E-state index contributed by atoms with van der Waals surface area (Å²) >= 11 is 0. The van der Waals surface area contributed by atoms with Gasteiger partial charge in [-0.1, -0.05) is 12.1 Å². The molecular weight excluding hydrogens is 352 g/mol. The Balaban J connectivity index is 1.40. The van der Waals surface area contributed by atoms with Crippen molar-refractivity contribution < 1.29 is 4.79 Å². The first-order chi connectivity index (χ1) is 13.5. The third-order valence-corrected chi connectivity index (χ3v) is 5.74. The molecule has 1 aliphatic carbocycles. The summed E-state index contributed by atoms with van der Waals surface area (Å²) in [5.74, 6) is 0.985. The number of hydrogen-bond acceptors (Lipinski definition) is 3. The molecule has 3 aromatic rings. The number of benzene rings is 1. The lowest BCUT2D eigenvalue weighted by Crippen LogP contribution is -2.42. The number of aromatic nitrogens is 4. The van der Waals surface area contributed by atoms with Gasteiger partial charge in [-0.2, -0.15) is 5.10 Å². The average molecular weight is 380 g/mol. The van der Waals surface area contributed by atoms with Crippen molar-refractivity contribution in [1.82, 2.24) is 29.5 Å². The zero-order valence-corrected chi connectivity index (χ0v) is 17.1. The lowest BCUT2D eigenvalue weighted by atomic mass is 10.2. The quantitative estimate of drug-likeness (QED) is 0.715. The number of rotatable bonds is 6. The topological polar surface area (TPSA) is 68.0 Å². The molecule has 1 saturated carbocycles. The Labute approximate surface area is 165 Å². The Hall–Kier alpha value is -2.83. The van der Waals surface area contributed by atoms with E-state index in [0.29, 0.717) is 25.6 Å². The second kappa shape index (κ2) is 7.30. The minimum Gasteiger partial charge on any atom is -0.338 e. The van der Waals surface area contributed by atoms with Crippen LogP contribution in [0.5, 0.6) is 0 Å². The van der Waals surface area contributed by atoms with Gasteiger partial charge in [-0.25, -0.2) is 9.78 Å². The molecule has 7 nitrogen and oxygen atoms in total. The Kier molecular flexibility index (Phi) is 4.83. The van der Waals surface area contributed by atoms with Crippen LogP contribution < -0.4 is 5.32 Å². The number of urea groups is 1. The summed E-state index contributed by atoms with van der Waals surface area (Å²) < 4.78 is 3.99. The Bertz CT molecular complexity index is 1010. The molecule has 4 rings (SSSR count). The molecule has 0 unspecified atom stereocenters. The van der Waals surface area contributed by atoms with Crippen molar-refractivity contribution in [2.75, 3.05) is 6.54 Å². The van der Waals surface area contributed by atoms with Crippen LogP contribution in [0.25, 0.3) is 11.0 Å². The average Bonchev–Trinajstić information content (AvgIpc) is 3.42. The zero-order valence-electron chi connectivity index (χ0n) is 17.1. The van der Waals surface area contributed by atoms with Crippen LogP contribution in [0.1, 0.15) is 35.6 Å². The van der Waals surface area contributed by atoms with Crippen LogP contribution in [0, 0.1) is 13.8 Å². The van der Waals surface area contributed by atoms with Gasteiger partial charge in [0.1, 0.15) is 5.82 Å². The Morgan fingerprint density at radius 2 is 2.00 bits per heavy atom. The van der Waals surface area contributed by atoms with Gasteiger partial charge in [0.2, 0.25) is 0 Å². The number of carbonyl (C=O) groups excluding carboxylic acids is 1. The second-order valence-corrected chi connectivity index (χ2v) is 7.69. The predicted octanol–water partition coefficient (Wildman–Crippen LogP) is 2.84. The molecule has 0 spiro atoms. The van der Waals surface area contributed by atoms with Gasteiger partial charge >= 0.3 is 6.03 Å². The summed E-state index contributed by atoms with van der Waals surface area (Å²) in [5.41, 5.74) is 5.38. The van der Waals surface area contributed by atoms with E-state index in [-0.39, 0.29) is 6.03 Å². The molecule has 2 aromatic heterocycles. The fraction of sp³-hybridized carbons (Fsp3) is 0.476. The van der Waals surface area contributed by atoms with E-state index in [9.17, 15) is 4.79 Å². The van der Waals surface area contributed by atoms with Crippen molar-refractivity contribution >= 4 is 17.1 Å². The molecule has 1 aliphatic rings. The Morgan fingerprint density at radius 1 is 1.25 bits per heavy atom. The first kappa shape index (κ1) is 18.5. The fourth-order valence-corrected chi connectivity index (χ4v) is 3.77.